The minimum absolute atomic E-state index is 0.378. The first kappa shape index (κ1) is 17.1. The topological polar surface area (TPSA) is 49.4 Å². The van der Waals surface area contributed by atoms with E-state index >= 15 is 0 Å². The fourth-order valence-corrected chi connectivity index (χ4v) is 3.35. The lowest BCUT2D eigenvalue weighted by Gasteiger charge is -2.19. The molecule has 5 heteroatoms. The molecule has 0 amide bonds. The van der Waals surface area contributed by atoms with Gasteiger partial charge in [0, 0.05) is 0 Å². The number of nitrogens with zero attached hydrogens (tertiary/aromatic N) is 1. The zero-order valence-corrected chi connectivity index (χ0v) is 13.5. The summed E-state index contributed by atoms with van der Waals surface area (Å²) >= 11 is 0. The molecule has 4 nitrogen and oxygen atoms in total. The maximum atomic E-state index is 12.3. The standard InChI is InChI=1S/C15H26N2O2S/c1-4-17(5-2)13-9-12-16-14(3)20(18,19)15-10-7-6-8-11-15/h6-8,10-11,14,16H,4-5,9,12-13H2,1-3H3. The van der Waals surface area contributed by atoms with E-state index in [2.05, 4.69) is 24.1 Å². The number of hydrogen-bond donors (Lipinski definition) is 1. The maximum absolute atomic E-state index is 12.3. The first-order valence-electron chi connectivity index (χ1n) is 7.27. The second-order valence-corrected chi connectivity index (χ2v) is 7.10. The SMILES string of the molecule is CCN(CC)CCCNC(C)S(=O)(=O)c1ccccc1. The summed E-state index contributed by atoms with van der Waals surface area (Å²) in [5, 5.41) is 2.56. The van der Waals surface area contributed by atoms with Crippen LogP contribution in [0.3, 0.4) is 0 Å². The van der Waals surface area contributed by atoms with Crippen molar-refractivity contribution in [2.24, 2.45) is 0 Å². The lowest BCUT2D eigenvalue weighted by Crippen LogP contribution is -2.36. The minimum Gasteiger partial charge on any atom is -0.304 e. The van der Waals surface area contributed by atoms with Gasteiger partial charge in [0.05, 0.1) is 4.90 Å². The van der Waals surface area contributed by atoms with Crippen LogP contribution in [0.2, 0.25) is 0 Å². The molecule has 1 N–H and O–H groups in total. The molecular weight excluding hydrogens is 272 g/mol. The Morgan fingerprint density at radius 2 is 1.75 bits per heavy atom. The van der Waals surface area contributed by atoms with Crippen molar-refractivity contribution in [2.75, 3.05) is 26.2 Å². The van der Waals surface area contributed by atoms with Gasteiger partial charge >= 0.3 is 0 Å². The molecule has 0 bridgehead atoms. The van der Waals surface area contributed by atoms with Gasteiger partial charge in [-0.1, -0.05) is 32.0 Å². The third-order valence-electron chi connectivity index (χ3n) is 3.51. The maximum Gasteiger partial charge on any atom is 0.193 e. The Morgan fingerprint density at radius 3 is 2.30 bits per heavy atom. The molecule has 0 radical (unpaired) electrons. The van der Waals surface area contributed by atoms with E-state index < -0.39 is 15.2 Å². The molecule has 1 aromatic carbocycles. The molecule has 0 aliphatic rings. The van der Waals surface area contributed by atoms with E-state index in [9.17, 15) is 8.42 Å². The molecule has 1 unspecified atom stereocenters. The van der Waals surface area contributed by atoms with Gasteiger partial charge in [-0.25, -0.2) is 8.42 Å². The minimum atomic E-state index is -3.28. The van der Waals surface area contributed by atoms with Gasteiger partial charge in [-0.15, -0.1) is 0 Å². The van der Waals surface area contributed by atoms with Crippen molar-refractivity contribution >= 4 is 9.84 Å². The average molecular weight is 298 g/mol. The number of benzene rings is 1. The van der Waals surface area contributed by atoms with E-state index in [0.29, 0.717) is 11.4 Å². The molecule has 1 atom stereocenters. The van der Waals surface area contributed by atoms with Crippen LogP contribution in [0.5, 0.6) is 0 Å². The quantitative estimate of drug-likeness (QED) is 0.710. The summed E-state index contributed by atoms with van der Waals surface area (Å²) in [6.07, 6.45) is 0.955. The highest BCUT2D eigenvalue weighted by atomic mass is 32.2. The Bertz CT molecular complexity index is 470. The lowest BCUT2D eigenvalue weighted by atomic mass is 10.3. The summed E-state index contributed by atoms with van der Waals surface area (Å²) in [4.78, 5) is 2.71. The summed E-state index contributed by atoms with van der Waals surface area (Å²) in [5.41, 5.74) is 0. The van der Waals surface area contributed by atoms with Gasteiger partial charge in [-0.05, 0) is 51.7 Å². The normalized spacial score (nSPS) is 13.6. The van der Waals surface area contributed by atoms with Crippen molar-refractivity contribution in [3.05, 3.63) is 30.3 Å². The number of nitrogens with one attached hydrogen (secondary N) is 1. The van der Waals surface area contributed by atoms with Crippen LogP contribution < -0.4 is 5.32 Å². The molecule has 1 rings (SSSR count). The van der Waals surface area contributed by atoms with E-state index in [-0.39, 0.29) is 0 Å². The average Bonchev–Trinajstić information content (AvgIpc) is 2.48. The zero-order chi connectivity index (χ0) is 15.0. The van der Waals surface area contributed by atoms with Crippen LogP contribution in [0.4, 0.5) is 0 Å². The van der Waals surface area contributed by atoms with Gasteiger partial charge in [0.15, 0.2) is 9.84 Å². The summed E-state index contributed by atoms with van der Waals surface area (Å²) in [6, 6.07) is 8.61. The van der Waals surface area contributed by atoms with Gasteiger partial charge in [0.25, 0.3) is 0 Å². The van der Waals surface area contributed by atoms with Crippen molar-refractivity contribution in [1.82, 2.24) is 10.2 Å². The van der Waals surface area contributed by atoms with Crippen LogP contribution in [-0.2, 0) is 9.84 Å². The van der Waals surface area contributed by atoms with E-state index in [1.807, 2.05) is 6.07 Å². The summed E-state index contributed by atoms with van der Waals surface area (Å²) < 4.78 is 24.6. The predicted molar refractivity (Wildman–Crippen MR) is 83.5 cm³/mol. The Hall–Kier alpha value is -0.910. The molecule has 20 heavy (non-hydrogen) atoms. The van der Waals surface area contributed by atoms with Crippen molar-refractivity contribution in [2.45, 2.75) is 37.5 Å². The molecule has 0 saturated carbocycles. The molecule has 0 fully saturated rings. The largest absolute Gasteiger partial charge is 0.304 e. The summed E-state index contributed by atoms with van der Waals surface area (Å²) in [6.45, 7) is 9.77. The monoisotopic (exact) mass is 298 g/mol. The van der Waals surface area contributed by atoms with Gasteiger partial charge < -0.3 is 10.2 Å². The summed E-state index contributed by atoms with van der Waals surface area (Å²) in [7, 11) is -3.28. The fourth-order valence-electron chi connectivity index (χ4n) is 2.07. The van der Waals surface area contributed by atoms with E-state index in [4.69, 9.17) is 0 Å². The molecule has 0 aliphatic heterocycles. The highest BCUT2D eigenvalue weighted by molar-refractivity contribution is 7.92. The fraction of sp³-hybridized carbons (Fsp3) is 0.600. The van der Waals surface area contributed by atoms with Crippen LogP contribution in [0.1, 0.15) is 27.2 Å². The molecule has 0 saturated heterocycles. The number of sulfone groups is 1. The predicted octanol–water partition coefficient (Wildman–Crippen LogP) is 2.13. The van der Waals surface area contributed by atoms with Gasteiger partial charge in [-0.3, -0.25) is 0 Å². The van der Waals surface area contributed by atoms with Crippen LogP contribution >= 0.6 is 0 Å². The Labute approximate surface area is 123 Å². The van der Waals surface area contributed by atoms with Crippen molar-refractivity contribution in [3.63, 3.8) is 0 Å². The lowest BCUT2D eigenvalue weighted by molar-refractivity contribution is 0.297. The molecular formula is C15H26N2O2S. The van der Waals surface area contributed by atoms with Crippen LogP contribution in [0.15, 0.2) is 35.2 Å². The third-order valence-corrected chi connectivity index (χ3v) is 5.54. The Kier molecular flexibility index (Phi) is 7.19. The second-order valence-electron chi connectivity index (χ2n) is 4.83. The van der Waals surface area contributed by atoms with E-state index in [1.54, 1.807) is 31.2 Å². The Balaban J connectivity index is 2.45. The second kappa shape index (κ2) is 8.39. The van der Waals surface area contributed by atoms with Crippen molar-refractivity contribution in [1.29, 1.82) is 0 Å². The van der Waals surface area contributed by atoms with Gasteiger partial charge in [0.2, 0.25) is 0 Å². The summed E-state index contributed by atoms with van der Waals surface area (Å²) in [5.74, 6) is 0. The van der Waals surface area contributed by atoms with E-state index in [1.165, 1.54) is 0 Å². The molecule has 0 spiro atoms. The molecule has 0 aromatic heterocycles. The van der Waals surface area contributed by atoms with Crippen molar-refractivity contribution in [3.8, 4) is 0 Å². The Morgan fingerprint density at radius 1 is 1.15 bits per heavy atom. The number of rotatable bonds is 9. The van der Waals surface area contributed by atoms with Crippen molar-refractivity contribution < 1.29 is 8.42 Å². The van der Waals surface area contributed by atoms with Crippen LogP contribution in [-0.4, -0.2) is 44.9 Å². The molecule has 1 aromatic rings. The van der Waals surface area contributed by atoms with Gasteiger partial charge in [0.1, 0.15) is 5.37 Å². The molecule has 114 valence electrons. The smallest absolute Gasteiger partial charge is 0.193 e. The molecule has 0 heterocycles. The van der Waals surface area contributed by atoms with Crippen LogP contribution in [0.25, 0.3) is 0 Å². The third kappa shape index (κ3) is 4.89. The highest BCUT2D eigenvalue weighted by Gasteiger charge is 2.21. The highest BCUT2D eigenvalue weighted by Crippen LogP contribution is 2.13. The van der Waals surface area contributed by atoms with E-state index in [0.717, 1.165) is 26.1 Å². The zero-order valence-electron chi connectivity index (χ0n) is 12.7. The van der Waals surface area contributed by atoms with Crippen LogP contribution in [0, 0.1) is 0 Å². The first-order chi connectivity index (χ1) is 9.52. The molecule has 0 aliphatic carbocycles. The number of hydrogen-bond acceptors (Lipinski definition) is 4. The first-order valence-corrected chi connectivity index (χ1v) is 8.81. The van der Waals surface area contributed by atoms with Gasteiger partial charge in [-0.2, -0.15) is 0 Å².